The maximum absolute atomic E-state index is 6.33. The van der Waals surface area contributed by atoms with E-state index in [1.807, 2.05) is 31.2 Å². The van der Waals surface area contributed by atoms with Crippen LogP contribution in [0.5, 0.6) is 11.5 Å². The zero-order valence-electron chi connectivity index (χ0n) is 13.0. The van der Waals surface area contributed by atoms with Gasteiger partial charge in [-0.25, -0.2) is 0 Å². The molecule has 0 aliphatic carbocycles. The molecule has 0 heterocycles. The summed E-state index contributed by atoms with van der Waals surface area (Å²) in [5, 5.41) is 0.174. The van der Waals surface area contributed by atoms with Gasteiger partial charge in [0.2, 0.25) is 0 Å². The molecule has 0 bridgehead atoms. The summed E-state index contributed by atoms with van der Waals surface area (Å²) in [4.78, 5) is 0. The minimum Gasteiger partial charge on any atom is -0.541 e. The summed E-state index contributed by atoms with van der Waals surface area (Å²) in [6, 6.07) is 5.99. The molecule has 0 aromatic heterocycles. The first-order valence-corrected chi connectivity index (χ1v) is 9.70. The molecule has 3 heteroatoms. The Morgan fingerprint density at radius 3 is 2.32 bits per heavy atom. The third kappa shape index (κ3) is 3.87. The first kappa shape index (κ1) is 15.8. The Kier molecular flexibility index (Phi) is 4.85. The van der Waals surface area contributed by atoms with Crippen molar-refractivity contribution in [1.82, 2.24) is 0 Å². The highest BCUT2D eigenvalue weighted by Gasteiger charge is 2.39. The molecule has 0 unspecified atom stereocenters. The Balaban J connectivity index is 3.10. The number of rotatable bonds is 5. The molecule has 0 fully saturated rings. The molecule has 1 rings (SSSR count). The topological polar surface area (TPSA) is 18.5 Å². The van der Waals surface area contributed by atoms with E-state index in [0.29, 0.717) is 6.61 Å². The van der Waals surface area contributed by atoms with E-state index in [4.69, 9.17) is 9.16 Å². The van der Waals surface area contributed by atoms with Crippen LogP contribution in [-0.2, 0) is 0 Å². The van der Waals surface area contributed by atoms with Crippen LogP contribution in [0.3, 0.4) is 0 Å². The van der Waals surface area contributed by atoms with E-state index in [-0.39, 0.29) is 5.04 Å². The quantitative estimate of drug-likeness (QED) is 0.697. The van der Waals surface area contributed by atoms with E-state index in [9.17, 15) is 0 Å². The second kappa shape index (κ2) is 5.82. The fourth-order valence-electron chi connectivity index (χ4n) is 1.43. The number of hydrogen-bond acceptors (Lipinski definition) is 2. The molecule has 2 nitrogen and oxygen atoms in total. The van der Waals surface area contributed by atoms with Crippen LogP contribution in [0, 0.1) is 0 Å². The van der Waals surface area contributed by atoms with Crippen molar-refractivity contribution in [3.05, 3.63) is 30.3 Å². The molecule has 0 aliphatic rings. The standard InChI is InChI=1S/C16H26O2Si/c1-8-13-10-11-14(15(12-13)17-9-2)18-19(6,7)16(3,4)5/h8,10-12H,1,9H2,2-7H3. The normalized spacial score (nSPS) is 12.1. The molecule has 0 aliphatic heterocycles. The Bertz CT molecular complexity index is 445. The molecule has 0 atom stereocenters. The largest absolute Gasteiger partial charge is 0.541 e. The molecular formula is C16H26O2Si. The molecule has 0 saturated carbocycles. The Morgan fingerprint density at radius 1 is 1.21 bits per heavy atom. The van der Waals surface area contributed by atoms with Crippen molar-refractivity contribution in [3.8, 4) is 11.5 Å². The van der Waals surface area contributed by atoms with Crippen LogP contribution in [0.4, 0.5) is 0 Å². The van der Waals surface area contributed by atoms with Crippen molar-refractivity contribution in [1.29, 1.82) is 0 Å². The third-order valence-electron chi connectivity index (χ3n) is 3.67. The Labute approximate surface area is 118 Å². The van der Waals surface area contributed by atoms with Gasteiger partial charge >= 0.3 is 0 Å². The van der Waals surface area contributed by atoms with E-state index in [1.54, 1.807) is 0 Å². The lowest BCUT2D eigenvalue weighted by molar-refractivity contribution is 0.325. The second-order valence-corrected chi connectivity index (χ2v) is 10.9. The predicted molar refractivity (Wildman–Crippen MR) is 85.5 cm³/mol. The van der Waals surface area contributed by atoms with E-state index in [2.05, 4.69) is 40.4 Å². The van der Waals surface area contributed by atoms with Crippen molar-refractivity contribution < 1.29 is 9.16 Å². The van der Waals surface area contributed by atoms with E-state index >= 15 is 0 Å². The lowest BCUT2D eigenvalue weighted by atomic mass is 10.2. The number of hydrogen-bond donors (Lipinski definition) is 0. The summed E-state index contributed by atoms with van der Waals surface area (Å²) in [5.41, 5.74) is 1.05. The van der Waals surface area contributed by atoms with Gasteiger partial charge in [-0.3, -0.25) is 0 Å². The molecule has 1 aromatic carbocycles. The zero-order chi connectivity index (χ0) is 14.7. The molecule has 0 radical (unpaired) electrons. The lowest BCUT2D eigenvalue weighted by Gasteiger charge is -2.36. The molecule has 0 N–H and O–H groups in total. The van der Waals surface area contributed by atoms with Crippen LogP contribution in [0.2, 0.25) is 18.1 Å². The lowest BCUT2D eigenvalue weighted by Crippen LogP contribution is -2.43. The van der Waals surface area contributed by atoms with Crippen LogP contribution in [-0.4, -0.2) is 14.9 Å². The fourth-order valence-corrected chi connectivity index (χ4v) is 2.46. The van der Waals surface area contributed by atoms with Gasteiger partial charge in [0.15, 0.2) is 5.75 Å². The van der Waals surface area contributed by atoms with Gasteiger partial charge in [0.05, 0.1) is 6.61 Å². The summed E-state index contributed by atoms with van der Waals surface area (Å²) >= 11 is 0. The molecular weight excluding hydrogens is 252 g/mol. The summed E-state index contributed by atoms with van der Waals surface area (Å²) in [6.07, 6.45) is 1.82. The van der Waals surface area contributed by atoms with E-state index in [0.717, 1.165) is 17.1 Å². The molecule has 0 amide bonds. The summed E-state index contributed by atoms with van der Waals surface area (Å²) < 4.78 is 12.0. The highest BCUT2D eigenvalue weighted by Crippen LogP contribution is 2.40. The predicted octanol–water partition coefficient (Wildman–Crippen LogP) is 5.11. The van der Waals surface area contributed by atoms with Crippen molar-refractivity contribution in [2.24, 2.45) is 0 Å². The first-order chi connectivity index (χ1) is 8.71. The number of benzene rings is 1. The third-order valence-corrected chi connectivity index (χ3v) is 8.02. The highest BCUT2D eigenvalue weighted by molar-refractivity contribution is 6.74. The van der Waals surface area contributed by atoms with Crippen molar-refractivity contribution >= 4 is 14.4 Å². The maximum Gasteiger partial charge on any atom is 0.250 e. The van der Waals surface area contributed by atoms with E-state index < -0.39 is 8.32 Å². The van der Waals surface area contributed by atoms with Crippen LogP contribution < -0.4 is 9.16 Å². The van der Waals surface area contributed by atoms with Crippen molar-refractivity contribution in [2.75, 3.05) is 6.61 Å². The Hall–Kier alpha value is -1.22. The van der Waals surface area contributed by atoms with Crippen LogP contribution in [0.1, 0.15) is 33.3 Å². The minimum absolute atomic E-state index is 0.174. The summed E-state index contributed by atoms with van der Waals surface area (Å²) in [5.74, 6) is 1.66. The summed E-state index contributed by atoms with van der Waals surface area (Å²) in [6.45, 7) is 17.6. The Morgan fingerprint density at radius 2 is 1.84 bits per heavy atom. The van der Waals surface area contributed by atoms with Gasteiger partial charge in [-0.1, -0.05) is 39.5 Å². The molecule has 19 heavy (non-hydrogen) atoms. The van der Waals surface area contributed by atoms with E-state index in [1.165, 1.54) is 0 Å². The van der Waals surface area contributed by atoms with Gasteiger partial charge in [-0.05, 0) is 42.8 Å². The van der Waals surface area contributed by atoms with Gasteiger partial charge in [0, 0.05) is 0 Å². The van der Waals surface area contributed by atoms with Gasteiger partial charge < -0.3 is 9.16 Å². The highest BCUT2D eigenvalue weighted by atomic mass is 28.4. The average molecular weight is 278 g/mol. The van der Waals surface area contributed by atoms with Crippen LogP contribution in [0.15, 0.2) is 24.8 Å². The molecule has 0 saturated heterocycles. The first-order valence-electron chi connectivity index (χ1n) is 6.79. The fraction of sp³-hybridized carbons (Fsp3) is 0.500. The smallest absolute Gasteiger partial charge is 0.250 e. The minimum atomic E-state index is -1.84. The second-order valence-electron chi connectivity index (χ2n) is 6.21. The van der Waals surface area contributed by atoms with Crippen LogP contribution in [0.25, 0.3) is 6.08 Å². The monoisotopic (exact) mass is 278 g/mol. The van der Waals surface area contributed by atoms with Gasteiger partial charge in [-0.15, -0.1) is 0 Å². The maximum atomic E-state index is 6.33. The van der Waals surface area contributed by atoms with Crippen molar-refractivity contribution in [3.63, 3.8) is 0 Å². The van der Waals surface area contributed by atoms with Gasteiger partial charge in [-0.2, -0.15) is 0 Å². The molecule has 0 spiro atoms. The average Bonchev–Trinajstić information content (AvgIpc) is 2.30. The zero-order valence-corrected chi connectivity index (χ0v) is 14.0. The SMILES string of the molecule is C=Cc1ccc(O[Si](C)(C)C(C)(C)C)c(OCC)c1. The molecule has 1 aromatic rings. The molecule has 106 valence electrons. The van der Waals surface area contributed by atoms with Crippen LogP contribution >= 0.6 is 0 Å². The van der Waals surface area contributed by atoms with Crippen molar-refractivity contribution in [2.45, 2.75) is 45.8 Å². The van der Waals surface area contributed by atoms with Gasteiger partial charge in [0.25, 0.3) is 8.32 Å². The number of ether oxygens (including phenoxy) is 1. The van der Waals surface area contributed by atoms with Gasteiger partial charge in [0.1, 0.15) is 5.75 Å². The summed E-state index contributed by atoms with van der Waals surface area (Å²) in [7, 11) is -1.84.